The van der Waals surface area contributed by atoms with Gasteiger partial charge in [0.25, 0.3) is 10.2 Å². The van der Waals surface area contributed by atoms with Crippen molar-refractivity contribution in [2.45, 2.75) is 27.3 Å². The molecule has 0 aliphatic carbocycles. The number of hydrogen-bond acceptors (Lipinski definition) is 2. The monoisotopic (exact) mass is 256 g/mol. The lowest BCUT2D eigenvalue weighted by Gasteiger charge is -2.15. The van der Waals surface area contributed by atoms with Crippen molar-refractivity contribution in [2.75, 3.05) is 14.1 Å². The van der Waals surface area contributed by atoms with E-state index in [1.165, 1.54) is 24.0 Å². The van der Waals surface area contributed by atoms with E-state index in [9.17, 15) is 8.42 Å². The second-order valence-electron chi connectivity index (χ2n) is 4.49. The number of benzene rings is 1. The molecule has 4 nitrogen and oxygen atoms in total. The molecule has 0 aliphatic rings. The van der Waals surface area contributed by atoms with E-state index in [-0.39, 0.29) is 0 Å². The number of nitrogens with one attached hydrogen (secondary N) is 1. The summed E-state index contributed by atoms with van der Waals surface area (Å²) in [5.74, 6) is 0. The Hall–Kier alpha value is -0.910. The fraction of sp³-hybridized carbons (Fsp3) is 0.500. The Bertz CT molecular complexity index is 484. The van der Waals surface area contributed by atoms with E-state index >= 15 is 0 Å². The van der Waals surface area contributed by atoms with Gasteiger partial charge in [0.1, 0.15) is 0 Å². The maximum Gasteiger partial charge on any atom is 0.279 e. The van der Waals surface area contributed by atoms with Crippen molar-refractivity contribution >= 4 is 10.2 Å². The Labute approximate surface area is 104 Å². The molecule has 0 atom stereocenters. The third-order valence-electron chi connectivity index (χ3n) is 2.75. The first-order valence-corrected chi connectivity index (χ1v) is 6.92. The summed E-state index contributed by atoms with van der Waals surface area (Å²) in [7, 11) is -0.335. The Kier molecular flexibility index (Phi) is 4.30. The maximum atomic E-state index is 11.6. The summed E-state index contributed by atoms with van der Waals surface area (Å²) < 4.78 is 27.0. The van der Waals surface area contributed by atoms with Gasteiger partial charge in [0, 0.05) is 20.6 Å². The minimum atomic E-state index is -3.36. The van der Waals surface area contributed by atoms with E-state index in [0.717, 1.165) is 16.7 Å². The molecule has 1 aromatic rings. The molecule has 0 aliphatic heterocycles. The largest absolute Gasteiger partial charge is 0.279 e. The molecule has 0 spiro atoms. The smallest absolute Gasteiger partial charge is 0.198 e. The van der Waals surface area contributed by atoms with Gasteiger partial charge in [-0.15, -0.1) is 0 Å². The van der Waals surface area contributed by atoms with Crippen LogP contribution < -0.4 is 4.72 Å². The second-order valence-corrected chi connectivity index (χ2v) is 6.45. The van der Waals surface area contributed by atoms with Gasteiger partial charge in [0.05, 0.1) is 0 Å². The quantitative estimate of drug-likeness (QED) is 0.887. The first-order valence-electron chi connectivity index (χ1n) is 5.48. The standard InChI is InChI=1S/C12H20N2O2S/c1-9-6-10(2)12(11(3)7-9)8-13-17(15,16)14(4)5/h6-7,13H,8H2,1-5H3. The molecule has 0 fully saturated rings. The van der Waals surface area contributed by atoms with Crippen molar-refractivity contribution in [3.8, 4) is 0 Å². The van der Waals surface area contributed by atoms with Gasteiger partial charge in [-0.2, -0.15) is 17.4 Å². The second kappa shape index (κ2) is 5.16. The summed E-state index contributed by atoms with van der Waals surface area (Å²) in [4.78, 5) is 0. The molecule has 17 heavy (non-hydrogen) atoms. The van der Waals surface area contributed by atoms with Crippen molar-refractivity contribution < 1.29 is 8.42 Å². The predicted octanol–water partition coefficient (Wildman–Crippen LogP) is 1.51. The molecule has 0 heterocycles. The molecule has 0 saturated carbocycles. The van der Waals surface area contributed by atoms with Crippen LogP contribution in [0.15, 0.2) is 12.1 Å². The molecule has 1 N–H and O–H groups in total. The van der Waals surface area contributed by atoms with Crippen LogP contribution >= 0.6 is 0 Å². The summed E-state index contributed by atoms with van der Waals surface area (Å²) in [6, 6.07) is 4.12. The van der Waals surface area contributed by atoms with Gasteiger partial charge in [0.2, 0.25) is 0 Å². The van der Waals surface area contributed by atoms with Crippen LogP contribution in [-0.4, -0.2) is 26.8 Å². The summed E-state index contributed by atoms with van der Waals surface area (Å²) >= 11 is 0. The molecule has 5 heteroatoms. The summed E-state index contributed by atoms with van der Waals surface area (Å²) in [5.41, 5.74) is 4.47. The number of hydrogen-bond donors (Lipinski definition) is 1. The lowest BCUT2D eigenvalue weighted by atomic mass is 10.0. The minimum absolute atomic E-state index is 0.332. The van der Waals surface area contributed by atoms with Crippen molar-refractivity contribution in [3.05, 3.63) is 34.4 Å². The van der Waals surface area contributed by atoms with Crippen LogP contribution in [0.25, 0.3) is 0 Å². The van der Waals surface area contributed by atoms with Gasteiger partial charge >= 0.3 is 0 Å². The molecule has 0 unspecified atom stereocenters. The first kappa shape index (κ1) is 14.2. The van der Waals surface area contributed by atoms with Crippen molar-refractivity contribution in [3.63, 3.8) is 0 Å². The molecule has 1 aromatic carbocycles. The van der Waals surface area contributed by atoms with Crippen LogP contribution in [0.3, 0.4) is 0 Å². The van der Waals surface area contributed by atoms with Gasteiger partial charge in [-0.25, -0.2) is 0 Å². The fourth-order valence-electron chi connectivity index (χ4n) is 1.78. The van der Waals surface area contributed by atoms with E-state index in [1.54, 1.807) is 0 Å². The third-order valence-corrected chi connectivity index (χ3v) is 4.22. The van der Waals surface area contributed by atoms with E-state index in [1.807, 2.05) is 20.8 Å². The zero-order chi connectivity index (χ0) is 13.2. The highest BCUT2D eigenvalue weighted by Gasteiger charge is 2.13. The van der Waals surface area contributed by atoms with Crippen molar-refractivity contribution in [1.82, 2.24) is 9.03 Å². The Morgan fingerprint density at radius 2 is 1.59 bits per heavy atom. The molecule has 1 rings (SSSR count). The topological polar surface area (TPSA) is 49.4 Å². The van der Waals surface area contributed by atoms with Crippen molar-refractivity contribution in [2.24, 2.45) is 0 Å². The van der Waals surface area contributed by atoms with Gasteiger partial charge in [-0.1, -0.05) is 17.7 Å². The third kappa shape index (κ3) is 3.52. The van der Waals surface area contributed by atoms with Gasteiger partial charge < -0.3 is 0 Å². The van der Waals surface area contributed by atoms with Gasteiger partial charge in [0.15, 0.2) is 0 Å². The summed E-state index contributed by atoms with van der Waals surface area (Å²) in [6.07, 6.45) is 0. The average Bonchev–Trinajstić information content (AvgIpc) is 2.15. The SMILES string of the molecule is Cc1cc(C)c(CNS(=O)(=O)N(C)C)c(C)c1. The van der Waals surface area contributed by atoms with Crippen molar-refractivity contribution in [1.29, 1.82) is 0 Å². The molecule has 0 amide bonds. The number of aryl methyl sites for hydroxylation is 3. The van der Waals surface area contributed by atoms with Crippen LogP contribution in [0, 0.1) is 20.8 Å². The van der Waals surface area contributed by atoms with Crippen LogP contribution in [0.1, 0.15) is 22.3 Å². The van der Waals surface area contributed by atoms with Gasteiger partial charge in [-0.3, -0.25) is 0 Å². The van der Waals surface area contributed by atoms with Gasteiger partial charge in [-0.05, 0) is 37.5 Å². The minimum Gasteiger partial charge on any atom is -0.198 e. The zero-order valence-corrected chi connectivity index (χ0v) is 11.9. The molecule has 0 saturated heterocycles. The normalized spacial score (nSPS) is 12.1. The molecule has 96 valence electrons. The lowest BCUT2D eigenvalue weighted by molar-refractivity contribution is 0.505. The number of rotatable bonds is 4. The predicted molar refractivity (Wildman–Crippen MR) is 70.1 cm³/mol. The Morgan fingerprint density at radius 1 is 1.12 bits per heavy atom. The first-order chi connectivity index (χ1) is 7.74. The Morgan fingerprint density at radius 3 is 2.00 bits per heavy atom. The van der Waals surface area contributed by atoms with Crippen LogP contribution in [0.4, 0.5) is 0 Å². The van der Waals surface area contributed by atoms with E-state index in [4.69, 9.17) is 0 Å². The maximum absolute atomic E-state index is 11.6. The number of nitrogens with zero attached hydrogens (tertiary/aromatic N) is 1. The molecule has 0 bridgehead atoms. The van der Waals surface area contributed by atoms with Crippen LogP contribution in [0.5, 0.6) is 0 Å². The molecule has 0 aromatic heterocycles. The summed E-state index contributed by atoms with van der Waals surface area (Å²) in [5, 5.41) is 0. The lowest BCUT2D eigenvalue weighted by Crippen LogP contribution is -2.35. The van der Waals surface area contributed by atoms with E-state index < -0.39 is 10.2 Å². The van der Waals surface area contributed by atoms with E-state index in [2.05, 4.69) is 16.9 Å². The molecule has 0 radical (unpaired) electrons. The zero-order valence-electron chi connectivity index (χ0n) is 11.0. The highest BCUT2D eigenvalue weighted by atomic mass is 32.2. The fourth-order valence-corrected chi connectivity index (χ4v) is 2.37. The highest BCUT2D eigenvalue weighted by molar-refractivity contribution is 7.87. The van der Waals surface area contributed by atoms with Crippen LogP contribution in [0.2, 0.25) is 0 Å². The average molecular weight is 256 g/mol. The van der Waals surface area contributed by atoms with Crippen LogP contribution in [-0.2, 0) is 16.8 Å². The molecular formula is C12H20N2O2S. The Balaban J connectivity index is 2.91. The molecular weight excluding hydrogens is 236 g/mol. The highest BCUT2D eigenvalue weighted by Crippen LogP contribution is 2.16. The summed E-state index contributed by atoms with van der Waals surface area (Å²) in [6.45, 7) is 6.37. The van der Waals surface area contributed by atoms with E-state index in [0.29, 0.717) is 6.54 Å².